The van der Waals surface area contributed by atoms with Crippen LogP contribution in [0.3, 0.4) is 0 Å². The fourth-order valence-corrected chi connectivity index (χ4v) is 4.67. The van der Waals surface area contributed by atoms with Gasteiger partial charge in [0, 0.05) is 26.3 Å². The third-order valence-electron chi connectivity index (χ3n) is 4.74. The topological polar surface area (TPSA) is 106 Å². The summed E-state index contributed by atoms with van der Waals surface area (Å²) in [6.45, 7) is 3.48. The van der Waals surface area contributed by atoms with Gasteiger partial charge in [0.2, 0.25) is 10.0 Å². The number of hydrogen-bond acceptors (Lipinski definition) is 6. The van der Waals surface area contributed by atoms with E-state index in [1.807, 2.05) is 0 Å². The standard InChI is InChI=1S/C19H21N3O6S/c1-4-21(5-2)29(26,27)13-10-16(20(3)11-13)19(25)28-12-22-17(23)14-8-6-7-9-15(14)18(22)24/h6-11H,4-5,12H2,1-3H3. The maximum absolute atomic E-state index is 12.6. The second-order valence-electron chi connectivity index (χ2n) is 6.41. The Hall–Kier alpha value is -2.98. The van der Waals surface area contributed by atoms with Crippen molar-refractivity contribution in [1.29, 1.82) is 0 Å². The zero-order chi connectivity index (χ0) is 21.3. The Kier molecular flexibility index (Phi) is 5.58. The van der Waals surface area contributed by atoms with E-state index < -0.39 is 34.5 Å². The quantitative estimate of drug-likeness (QED) is 0.497. The number of sulfonamides is 1. The molecule has 10 heteroatoms. The molecular weight excluding hydrogens is 398 g/mol. The number of benzene rings is 1. The molecule has 1 aromatic carbocycles. The van der Waals surface area contributed by atoms with E-state index in [2.05, 4.69) is 0 Å². The number of carbonyl (C=O) groups excluding carboxylic acids is 3. The fraction of sp³-hybridized carbons (Fsp3) is 0.316. The van der Waals surface area contributed by atoms with Crippen molar-refractivity contribution in [2.75, 3.05) is 19.8 Å². The van der Waals surface area contributed by atoms with E-state index in [0.29, 0.717) is 13.1 Å². The maximum Gasteiger partial charge on any atom is 0.356 e. The molecule has 0 atom stereocenters. The molecule has 0 unspecified atom stereocenters. The molecule has 9 nitrogen and oxygen atoms in total. The molecule has 0 fully saturated rings. The number of rotatable bonds is 7. The van der Waals surface area contributed by atoms with Crippen molar-refractivity contribution in [2.24, 2.45) is 7.05 Å². The van der Waals surface area contributed by atoms with Crippen LogP contribution in [-0.2, 0) is 21.8 Å². The Morgan fingerprint density at radius 3 is 2.14 bits per heavy atom. The van der Waals surface area contributed by atoms with E-state index in [-0.39, 0.29) is 21.7 Å². The van der Waals surface area contributed by atoms with Gasteiger partial charge in [-0.1, -0.05) is 26.0 Å². The molecule has 1 aliphatic heterocycles. The highest BCUT2D eigenvalue weighted by molar-refractivity contribution is 7.89. The van der Waals surface area contributed by atoms with Gasteiger partial charge in [0.05, 0.1) is 11.1 Å². The predicted molar refractivity (Wildman–Crippen MR) is 103 cm³/mol. The van der Waals surface area contributed by atoms with Crippen molar-refractivity contribution < 1.29 is 27.5 Å². The van der Waals surface area contributed by atoms with Crippen LogP contribution in [0, 0.1) is 0 Å². The first-order valence-corrected chi connectivity index (χ1v) is 10.4. The Balaban J connectivity index is 1.75. The number of imide groups is 1. The van der Waals surface area contributed by atoms with Gasteiger partial charge in [-0.05, 0) is 18.2 Å². The van der Waals surface area contributed by atoms with Crippen LogP contribution in [0.2, 0.25) is 0 Å². The van der Waals surface area contributed by atoms with Crippen LogP contribution in [-0.4, -0.2) is 59.8 Å². The summed E-state index contributed by atoms with van der Waals surface area (Å²) in [7, 11) is -2.22. The summed E-state index contributed by atoms with van der Waals surface area (Å²) in [6, 6.07) is 7.55. The van der Waals surface area contributed by atoms with E-state index in [4.69, 9.17) is 4.74 Å². The Morgan fingerprint density at radius 1 is 1.07 bits per heavy atom. The average Bonchev–Trinajstić information content (AvgIpc) is 3.20. The van der Waals surface area contributed by atoms with Crippen LogP contribution in [0.5, 0.6) is 0 Å². The lowest BCUT2D eigenvalue weighted by molar-refractivity contribution is 0.0221. The van der Waals surface area contributed by atoms with E-state index in [0.717, 1.165) is 4.90 Å². The first kappa shape index (κ1) is 20.7. The Labute approximate surface area is 168 Å². The van der Waals surface area contributed by atoms with Crippen molar-refractivity contribution in [3.63, 3.8) is 0 Å². The van der Waals surface area contributed by atoms with E-state index >= 15 is 0 Å². The molecule has 2 heterocycles. The highest BCUT2D eigenvalue weighted by Crippen LogP contribution is 2.23. The summed E-state index contributed by atoms with van der Waals surface area (Å²) in [6.07, 6.45) is 1.33. The Morgan fingerprint density at radius 2 is 1.62 bits per heavy atom. The minimum Gasteiger partial charge on any atom is -0.439 e. The van der Waals surface area contributed by atoms with Crippen LogP contribution < -0.4 is 0 Å². The molecule has 0 saturated carbocycles. The fourth-order valence-electron chi connectivity index (χ4n) is 3.14. The lowest BCUT2D eigenvalue weighted by atomic mass is 10.1. The molecule has 2 amide bonds. The summed E-state index contributed by atoms with van der Waals surface area (Å²) >= 11 is 0. The second-order valence-corrected chi connectivity index (χ2v) is 8.34. The molecular formula is C19H21N3O6S. The number of aromatic nitrogens is 1. The van der Waals surface area contributed by atoms with Gasteiger partial charge in [-0.25, -0.2) is 18.1 Å². The van der Waals surface area contributed by atoms with E-state index in [1.54, 1.807) is 26.0 Å². The lowest BCUT2D eigenvalue weighted by Gasteiger charge is -2.17. The molecule has 0 N–H and O–H groups in total. The number of amides is 2. The zero-order valence-electron chi connectivity index (χ0n) is 16.3. The minimum atomic E-state index is -3.73. The third-order valence-corrected chi connectivity index (χ3v) is 6.75. The van der Waals surface area contributed by atoms with Gasteiger partial charge in [-0.2, -0.15) is 4.31 Å². The summed E-state index contributed by atoms with van der Waals surface area (Å²) in [4.78, 5) is 37.9. The first-order chi connectivity index (χ1) is 13.7. The largest absolute Gasteiger partial charge is 0.439 e. The molecule has 2 aromatic rings. The normalized spacial score (nSPS) is 13.9. The van der Waals surface area contributed by atoms with Gasteiger partial charge in [-0.15, -0.1) is 0 Å². The highest BCUT2D eigenvalue weighted by atomic mass is 32.2. The molecule has 0 saturated heterocycles. The molecule has 0 bridgehead atoms. The average molecular weight is 419 g/mol. The maximum atomic E-state index is 12.6. The van der Waals surface area contributed by atoms with Crippen molar-refractivity contribution in [2.45, 2.75) is 18.7 Å². The number of fused-ring (bicyclic) bond motifs is 1. The van der Waals surface area contributed by atoms with E-state index in [1.165, 1.54) is 40.3 Å². The zero-order valence-corrected chi connectivity index (χ0v) is 17.1. The first-order valence-electron chi connectivity index (χ1n) is 9.01. The summed E-state index contributed by atoms with van der Waals surface area (Å²) in [5.74, 6) is -1.93. The van der Waals surface area contributed by atoms with Gasteiger partial charge >= 0.3 is 5.97 Å². The summed E-state index contributed by atoms with van der Waals surface area (Å²) < 4.78 is 33.0. The summed E-state index contributed by atoms with van der Waals surface area (Å²) in [5.41, 5.74) is 0.493. The molecule has 1 aromatic heterocycles. The molecule has 29 heavy (non-hydrogen) atoms. The number of nitrogens with zero attached hydrogens (tertiary/aromatic N) is 3. The number of esters is 1. The Bertz CT molecular complexity index is 1050. The molecule has 154 valence electrons. The smallest absolute Gasteiger partial charge is 0.356 e. The number of ether oxygens (including phenoxy) is 1. The van der Waals surface area contributed by atoms with Crippen LogP contribution >= 0.6 is 0 Å². The predicted octanol–water partition coefficient (Wildman–Crippen LogP) is 1.47. The van der Waals surface area contributed by atoms with Crippen LogP contribution in [0.4, 0.5) is 0 Å². The molecule has 3 rings (SSSR count). The summed E-state index contributed by atoms with van der Waals surface area (Å²) in [5, 5.41) is 0. The highest BCUT2D eigenvalue weighted by Gasteiger charge is 2.36. The van der Waals surface area contributed by atoms with Gasteiger partial charge in [0.1, 0.15) is 10.6 Å². The molecule has 1 aliphatic rings. The monoisotopic (exact) mass is 419 g/mol. The van der Waals surface area contributed by atoms with Gasteiger partial charge in [-0.3, -0.25) is 9.59 Å². The van der Waals surface area contributed by atoms with Crippen LogP contribution in [0.1, 0.15) is 45.1 Å². The van der Waals surface area contributed by atoms with E-state index in [9.17, 15) is 22.8 Å². The number of aryl methyl sites for hydroxylation is 1. The van der Waals surface area contributed by atoms with Gasteiger partial charge in [0.15, 0.2) is 6.73 Å². The number of carbonyl (C=O) groups is 3. The molecule has 0 radical (unpaired) electrons. The van der Waals surface area contributed by atoms with Gasteiger partial charge < -0.3 is 9.30 Å². The SMILES string of the molecule is CCN(CC)S(=O)(=O)c1cc(C(=O)OCN2C(=O)c3ccccc3C2=O)n(C)c1. The van der Waals surface area contributed by atoms with Crippen molar-refractivity contribution in [3.8, 4) is 0 Å². The minimum absolute atomic E-state index is 0.00709. The lowest BCUT2D eigenvalue weighted by Crippen LogP contribution is -2.33. The number of hydrogen-bond donors (Lipinski definition) is 0. The molecule has 0 spiro atoms. The van der Waals surface area contributed by atoms with Crippen molar-refractivity contribution >= 4 is 27.8 Å². The van der Waals surface area contributed by atoms with Crippen LogP contribution in [0.25, 0.3) is 0 Å². The third kappa shape index (κ3) is 3.56. The van der Waals surface area contributed by atoms with Crippen molar-refractivity contribution in [1.82, 2.24) is 13.8 Å². The van der Waals surface area contributed by atoms with Crippen molar-refractivity contribution in [3.05, 3.63) is 53.3 Å². The molecule has 0 aliphatic carbocycles. The van der Waals surface area contributed by atoms with Crippen LogP contribution in [0.15, 0.2) is 41.4 Å². The van der Waals surface area contributed by atoms with Gasteiger partial charge in [0.25, 0.3) is 11.8 Å². The second kappa shape index (κ2) is 7.80.